The molecule has 0 aliphatic heterocycles. The van der Waals surface area contributed by atoms with Gasteiger partial charge in [0.25, 0.3) is 0 Å². The van der Waals surface area contributed by atoms with E-state index in [1.807, 2.05) is 34.6 Å². The van der Waals surface area contributed by atoms with E-state index in [0.717, 1.165) is 99.9 Å². The van der Waals surface area contributed by atoms with Crippen LogP contribution in [-0.4, -0.2) is 69.4 Å². The number of carbonyl (C=O) groups excluding carboxylic acids is 3. The van der Waals surface area contributed by atoms with Gasteiger partial charge in [-0.25, -0.2) is 19.6 Å². The molecule has 0 saturated heterocycles. The van der Waals surface area contributed by atoms with Crippen molar-refractivity contribution < 1.29 is 23.9 Å². The van der Waals surface area contributed by atoms with E-state index < -0.39 is 17.2 Å². The number of carbonyl (C=O) groups is 3. The van der Waals surface area contributed by atoms with Crippen molar-refractivity contribution in [3.63, 3.8) is 0 Å². The number of nitrogens with one attached hydrogen (secondary N) is 5. The third kappa shape index (κ3) is 8.90. The Morgan fingerprint density at radius 2 is 1.14 bits per heavy atom. The number of fused-ring (bicyclic) bond motifs is 3. The number of aromatic nitrogens is 4. The van der Waals surface area contributed by atoms with Crippen LogP contribution in [0.3, 0.4) is 0 Å². The number of nitrogens with zero attached hydrogens (tertiary/aromatic N) is 2. The molecule has 1 saturated carbocycles. The van der Waals surface area contributed by atoms with Gasteiger partial charge >= 0.3 is 12.2 Å². The lowest BCUT2D eigenvalue weighted by molar-refractivity contribution is -0.124. The Bertz CT molecular complexity index is 2420. The van der Waals surface area contributed by atoms with Crippen molar-refractivity contribution in [3.8, 4) is 22.3 Å². The second kappa shape index (κ2) is 16.3. The standard InChI is InChI=1S/C45H53N7O5/c1-27-28(2)45(27,52-43(55)56-6)41(53)46-21-9-7-11-39-48-35-19-17-33(25-37(35)50-39)31-15-13-30-24-32(16-14-29(30)23-31)34-18-20-36-38(26-34)51-40(49-36)12-8-10-22-47-42(54)57-44(3,4)5/h13-20,23-28H,7-12,21-22H2,1-6H3,(H,46,53)(H,47,54)(H,48,50)(H,49,51)(H,52,55)/t27-,28?,45?/m1/s1. The largest absolute Gasteiger partial charge is 0.453 e. The van der Waals surface area contributed by atoms with Crippen molar-refractivity contribution in [3.05, 3.63) is 84.4 Å². The summed E-state index contributed by atoms with van der Waals surface area (Å²) >= 11 is 0. The van der Waals surface area contributed by atoms with Gasteiger partial charge < -0.3 is 35.4 Å². The van der Waals surface area contributed by atoms with Crippen molar-refractivity contribution in [1.82, 2.24) is 35.9 Å². The molecule has 5 N–H and O–H groups in total. The predicted octanol–water partition coefficient (Wildman–Crippen LogP) is 8.59. The summed E-state index contributed by atoms with van der Waals surface area (Å²) in [5.74, 6) is 1.81. The molecule has 6 aromatic rings. The molecule has 2 aromatic heterocycles. The molecule has 1 aliphatic rings. The van der Waals surface area contributed by atoms with Gasteiger partial charge in [0.15, 0.2) is 0 Å². The summed E-state index contributed by atoms with van der Waals surface area (Å²) in [5, 5.41) is 10.9. The number of hydrogen-bond acceptors (Lipinski definition) is 7. The number of methoxy groups -OCH3 is 1. The fourth-order valence-electron chi connectivity index (χ4n) is 7.71. The van der Waals surface area contributed by atoms with Gasteiger partial charge in [0.1, 0.15) is 22.8 Å². The Morgan fingerprint density at radius 3 is 1.61 bits per heavy atom. The van der Waals surface area contributed by atoms with E-state index in [1.165, 1.54) is 12.5 Å². The molecule has 2 heterocycles. The number of benzene rings is 4. The first kappa shape index (κ1) is 39.3. The third-order valence-corrected chi connectivity index (χ3v) is 11.2. The Balaban J connectivity index is 0.924. The van der Waals surface area contributed by atoms with Crippen LogP contribution in [0.2, 0.25) is 0 Å². The summed E-state index contributed by atoms with van der Waals surface area (Å²) in [6.45, 7) is 10.6. The van der Waals surface area contributed by atoms with Gasteiger partial charge in [-0.2, -0.15) is 0 Å². The molecule has 1 fully saturated rings. The number of ether oxygens (including phenoxy) is 2. The van der Waals surface area contributed by atoms with Gasteiger partial charge in [-0.05, 0) is 128 Å². The number of aromatic amines is 2. The molecule has 0 bridgehead atoms. The summed E-state index contributed by atoms with van der Waals surface area (Å²) < 4.78 is 10.0. The number of H-pyrrole nitrogens is 2. The molecule has 57 heavy (non-hydrogen) atoms. The van der Waals surface area contributed by atoms with Crippen LogP contribution >= 0.6 is 0 Å². The first-order valence-corrected chi connectivity index (χ1v) is 20.0. The van der Waals surface area contributed by atoms with E-state index in [-0.39, 0.29) is 23.8 Å². The first-order valence-electron chi connectivity index (χ1n) is 20.0. The second-order valence-electron chi connectivity index (χ2n) is 16.3. The number of aryl methyl sites for hydroxylation is 2. The average molecular weight is 772 g/mol. The monoisotopic (exact) mass is 771 g/mol. The average Bonchev–Trinajstić information content (AvgIpc) is 3.51. The maximum atomic E-state index is 12.9. The lowest BCUT2D eigenvalue weighted by Crippen LogP contribution is -2.51. The van der Waals surface area contributed by atoms with Crippen LogP contribution in [0, 0.1) is 11.8 Å². The van der Waals surface area contributed by atoms with E-state index in [4.69, 9.17) is 19.4 Å². The Hall–Kier alpha value is -5.91. The zero-order chi connectivity index (χ0) is 40.3. The molecular formula is C45H53N7O5. The lowest BCUT2D eigenvalue weighted by Gasteiger charge is -2.19. The second-order valence-corrected chi connectivity index (χ2v) is 16.3. The molecule has 0 radical (unpaired) electrons. The topological polar surface area (TPSA) is 163 Å². The van der Waals surface area contributed by atoms with E-state index in [0.29, 0.717) is 13.1 Å². The van der Waals surface area contributed by atoms with Crippen molar-refractivity contribution in [2.24, 2.45) is 11.8 Å². The number of unbranched alkanes of at least 4 members (excludes halogenated alkanes) is 2. The Morgan fingerprint density at radius 1 is 0.667 bits per heavy atom. The highest BCUT2D eigenvalue weighted by atomic mass is 16.6. The van der Waals surface area contributed by atoms with Crippen LogP contribution in [0.5, 0.6) is 0 Å². The molecule has 1 aliphatic carbocycles. The van der Waals surface area contributed by atoms with Crippen molar-refractivity contribution >= 4 is 50.9 Å². The molecule has 7 rings (SSSR count). The lowest BCUT2D eigenvalue weighted by atomic mass is 9.97. The Kier molecular flexibility index (Phi) is 11.2. The molecule has 3 atom stereocenters. The molecule has 0 spiro atoms. The van der Waals surface area contributed by atoms with Gasteiger partial charge in [-0.3, -0.25) is 4.79 Å². The van der Waals surface area contributed by atoms with E-state index >= 15 is 0 Å². The van der Waals surface area contributed by atoms with Crippen LogP contribution in [0.1, 0.15) is 72.0 Å². The highest BCUT2D eigenvalue weighted by molar-refractivity contribution is 5.95. The van der Waals surface area contributed by atoms with Crippen LogP contribution in [-0.2, 0) is 27.1 Å². The third-order valence-electron chi connectivity index (χ3n) is 11.2. The van der Waals surface area contributed by atoms with Gasteiger partial charge in [-0.15, -0.1) is 0 Å². The number of hydrogen-bond donors (Lipinski definition) is 5. The van der Waals surface area contributed by atoms with Gasteiger partial charge in [-0.1, -0.05) is 50.2 Å². The minimum Gasteiger partial charge on any atom is -0.453 e. The molecule has 4 aromatic carbocycles. The number of alkyl carbamates (subject to hydrolysis) is 2. The van der Waals surface area contributed by atoms with E-state index in [1.54, 1.807) is 0 Å². The van der Waals surface area contributed by atoms with Crippen molar-refractivity contribution in [1.29, 1.82) is 0 Å². The predicted molar refractivity (Wildman–Crippen MR) is 224 cm³/mol. The zero-order valence-corrected chi connectivity index (χ0v) is 33.7. The summed E-state index contributed by atoms with van der Waals surface area (Å²) in [5.41, 5.74) is 6.98. The summed E-state index contributed by atoms with van der Waals surface area (Å²) in [4.78, 5) is 53.2. The molecular weight excluding hydrogens is 719 g/mol. The maximum Gasteiger partial charge on any atom is 0.407 e. The summed E-state index contributed by atoms with van der Waals surface area (Å²) in [6, 6.07) is 25.8. The first-order chi connectivity index (χ1) is 27.3. The number of amides is 3. The highest BCUT2D eigenvalue weighted by Crippen LogP contribution is 2.50. The van der Waals surface area contributed by atoms with Gasteiger partial charge in [0, 0.05) is 25.9 Å². The minimum absolute atomic E-state index is 0.0517. The van der Waals surface area contributed by atoms with Crippen molar-refractivity contribution in [2.45, 2.75) is 84.3 Å². The molecule has 3 amide bonds. The van der Waals surface area contributed by atoms with Crippen LogP contribution in [0.15, 0.2) is 72.8 Å². The highest BCUT2D eigenvalue weighted by Gasteiger charge is 2.65. The molecule has 12 heteroatoms. The molecule has 2 unspecified atom stereocenters. The fourth-order valence-corrected chi connectivity index (χ4v) is 7.71. The zero-order valence-electron chi connectivity index (χ0n) is 33.7. The van der Waals surface area contributed by atoms with E-state index in [9.17, 15) is 14.4 Å². The Labute approximate surface area is 332 Å². The van der Waals surface area contributed by atoms with Crippen LogP contribution in [0.25, 0.3) is 55.1 Å². The smallest absolute Gasteiger partial charge is 0.407 e. The molecule has 298 valence electrons. The quantitative estimate of drug-likeness (QED) is 0.0693. The SMILES string of the molecule is COC(=O)NC1(C(=O)NCCCCc2nc3ccc(-c4ccc5cc(-c6ccc7nc(CCCCNC(=O)OC(C)(C)C)[nH]c7c6)ccc5c4)cc3[nH]2)C(C)[C@H]1C. The van der Waals surface area contributed by atoms with Crippen LogP contribution in [0.4, 0.5) is 9.59 Å². The normalized spacial score (nSPS) is 17.8. The van der Waals surface area contributed by atoms with Crippen molar-refractivity contribution in [2.75, 3.05) is 20.2 Å². The van der Waals surface area contributed by atoms with Gasteiger partial charge in [0.05, 0.1) is 29.2 Å². The summed E-state index contributed by atoms with van der Waals surface area (Å²) in [7, 11) is 1.30. The van der Waals surface area contributed by atoms with Gasteiger partial charge in [0.2, 0.25) is 5.91 Å². The fraction of sp³-hybridized carbons (Fsp3) is 0.400. The maximum absolute atomic E-state index is 12.9. The van der Waals surface area contributed by atoms with E-state index in [2.05, 4.69) is 98.7 Å². The summed E-state index contributed by atoms with van der Waals surface area (Å²) in [6.07, 6.45) is 3.99. The number of imidazole rings is 2. The minimum atomic E-state index is -0.895. The van der Waals surface area contributed by atoms with Crippen LogP contribution < -0.4 is 16.0 Å². The number of rotatable bonds is 14. The molecule has 12 nitrogen and oxygen atoms in total.